The molecule has 2 unspecified atom stereocenters. The molecule has 0 spiro atoms. The summed E-state index contributed by atoms with van der Waals surface area (Å²) in [4.78, 5) is 11.3. The molecule has 0 amide bonds. The summed E-state index contributed by atoms with van der Waals surface area (Å²) in [5.41, 5.74) is 0. The van der Waals surface area contributed by atoms with Crippen LogP contribution in [0.1, 0.15) is 13.3 Å². The predicted octanol–water partition coefficient (Wildman–Crippen LogP) is 2.71. The Bertz CT molecular complexity index is 436. The van der Waals surface area contributed by atoms with Gasteiger partial charge < -0.3 is 9.47 Å². The highest BCUT2D eigenvalue weighted by Gasteiger charge is 2.42. The summed E-state index contributed by atoms with van der Waals surface area (Å²) in [5, 5.41) is 0. The van der Waals surface area contributed by atoms with Gasteiger partial charge >= 0.3 is 0 Å². The van der Waals surface area contributed by atoms with E-state index in [0.29, 0.717) is 23.2 Å². The highest BCUT2D eigenvalue weighted by Crippen LogP contribution is 2.31. The number of hydrogen-bond donors (Lipinski definition) is 0. The van der Waals surface area contributed by atoms with Gasteiger partial charge in [0.1, 0.15) is 17.7 Å². The minimum Gasteiger partial charge on any atom is -0.485 e. The Morgan fingerprint density at radius 2 is 2.29 bits per heavy atom. The SMILES string of the molecule is CCOC1C(=O)CC1Oc1cc(F)ccc1Br. The van der Waals surface area contributed by atoms with Gasteiger partial charge in [-0.15, -0.1) is 0 Å². The van der Waals surface area contributed by atoms with Gasteiger partial charge in [0.05, 0.1) is 4.47 Å². The minimum absolute atomic E-state index is 0.0318. The van der Waals surface area contributed by atoms with Crippen molar-refractivity contribution < 1.29 is 18.7 Å². The van der Waals surface area contributed by atoms with Crippen LogP contribution in [0.15, 0.2) is 22.7 Å². The molecule has 0 aromatic heterocycles. The molecule has 2 rings (SSSR count). The largest absolute Gasteiger partial charge is 0.485 e. The maximum Gasteiger partial charge on any atom is 0.169 e. The number of benzene rings is 1. The van der Waals surface area contributed by atoms with Gasteiger partial charge in [0.15, 0.2) is 11.9 Å². The number of carbonyl (C=O) groups excluding carboxylic acids is 1. The second-order valence-corrected chi connectivity index (χ2v) is 4.63. The first kappa shape index (κ1) is 12.5. The van der Waals surface area contributed by atoms with Gasteiger partial charge in [-0.1, -0.05) is 0 Å². The van der Waals surface area contributed by atoms with Crippen LogP contribution in [0, 0.1) is 5.82 Å². The number of Topliss-reactive ketones (excluding diaryl/α,β-unsaturated/α-hetero) is 1. The maximum atomic E-state index is 13.0. The Morgan fingerprint density at radius 1 is 1.53 bits per heavy atom. The number of hydrogen-bond acceptors (Lipinski definition) is 3. The fourth-order valence-electron chi connectivity index (χ4n) is 1.68. The van der Waals surface area contributed by atoms with E-state index in [4.69, 9.17) is 9.47 Å². The lowest BCUT2D eigenvalue weighted by Crippen LogP contribution is -2.52. The van der Waals surface area contributed by atoms with Crippen LogP contribution in [0.3, 0.4) is 0 Å². The average Bonchev–Trinajstić information content (AvgIpc) is 2.30. The van der Waals surface area contributed by atoms with E-state index < -0.39 is 6.10 Å². The smallest absolute Gasteiger partial charge is 0.169 e. The molecular weight excluding hydrogens is 291 g/mol. The molecule has 1 aliphatic rings. The lowest BCUT2D eigenvalue weighted by molar-refractivity contribution is -0.154. The standard InChI is InChI=1S/C12H12BrFO3/c1-2-16-12-9(15)6-11(12)17-10-5-7(14)3-4-8(10)13/h3-5,11-12H,2,6H2,1H3. The van der Waals surface area contributed by atoms with Crippen LogP contribution in [-0.2, 0) is 9.53 Å². The predicted molar refractivity (Wildman–Crippen MR) is 63.6 cm³/mol. The van der Waals surface area contributed by atoms with Crippen molar-refractivity contribution in [2.24, 2.45) is 0 Å². The van der Waals surface area contributed by atoms with Crippen molar-refractivity contribution in [3.63, 3.8) is 0 Å². The third-order valence-electron chi connectivity index (χ3n) is 2.58. The third kappa shape index (κ3) is 2.66. The summed E-state index contributed by atoms with van der Waals surface area (Å²) < 4.78 is 24.5. The fraction of sp³-hybridized carbons (Fsp3) is 0.417. The van der Waals surface area contributed by atoms with Crippen molar-refractivity contribution >= 4 is 21.7 Å². The Kier molecular flexibility index (Phi) is 3.79. The third-order valence-corrected chi connectivity index (χ3v) is 3.23. The van der Waals surface area contributed by atoms with Crippen LogP contribution < -0.4 is 4.74 Å². The fourth-order valence-corrected chi connectivity index (χ4v) is 2.02. The Labute approximate surface area is 107 Å². The van der Waals surface area contributed by atoms with Crippen molar-refractivity contribution in [1.29, 1.82) is 0 Å². The number of ketones is 1. The van der Waals surface area contributed by atoms with E-state index in [1.165, 1.54) is 12.1 Å². The highest BCUT2D eigenvalue weighted by atomic mass is 79.9. The molecule has 2 atom stereocenters. The van der Waals surface area contributed by atoms with Crippen LogP contribution in [0.5, 0.6) is 5.75 Å². The molecule has 0 bridgehead atoms. The van der Waals surface area contributed by atoms with Crippen molar-refractivity contribution in [3.8, 4) is 5.75 Å². The first-order chi connectivity index (χ1) is 8.11. The van der Waals surface area contributed by atoms with E-state index in [0.717, 1.165) is 0 Å². The van der Waals surface area contributed by atoms with Crippen LogP contribution in [-0.4, -0.2) is 24.6 Å². The van der Waals surface area contributed by atoms with Crippen molar-refractivity contribution in [2.45, 2.75) is 25.6 Å². The average molecular weight is 303 g/mol. The number of halogens is 2. The first-order valence-electron chi connectivity index (χ1n) is 5.38. The van der Waals surface area contributed by atoms with Gasteiger partial charge in [-0.3, -0.25) is 4.79 Å². The number of ether oxygens (including phenoxy) is 2. The molecule has 92 valence electrons. The summed E-state index contributed by atoms with van der Waals surface area (Å²) >= 11 is 3.27. The minimum atomic E-state index is -0.518. The molecule has 0 saturated heterocycles. The van der Waals surface area contributed by atoms with Crippen molar-refractivity contribution in [3.05, 3.63) is 28.5 Å². The summed E-state index contributed by atoms with van der Waals surface area (Å²) in [6, 6.07) is 4.19. The number of rotatable bonds is 4. The lowest BCUT2D eigenvalue weighted by Gasteiger charge is -2.34. The van der Waals surface area contributed by atoms with E-state index in [2.05, 4.69) is 15.9 Å². The first-order valence-corrected chi connectivity index (χ1v) is 6.17. The van der Waals surface area contributed by atoms with Gasteiger partial charge in [0, 0.05) is 19.1 Å². The molecule has 1 saturated carbocycles. The summed E-state index contributed by atoms with van der Waals surface area (Å²) in [6.07, 6.45) is -0.524. The molecule has 1 aromatic carbocycles. The Morgan fingerprint density at radius 3 is 2.94 bits per heavy atom. The van der Waals surface area contributed by atoms with E-state index in [-0.39, 0.29) is 17.7 Å². The molecule has 3 nitrogen and oxygen atoms in total. The zero-order chi connectivity index (χ0) is 12.4. The maximum absolute atomic E-state index is 13.0. The van der Waals surface area contributed by atoms with E-state index in [9.17, 15) is 9.18 Å². The Hall–Kier alpha value is -0.940. The normalized spacial score (nSPS) is 23.4. The van der Waals surface area contributed by atoms with Crippen molar-refractivity contribution in [1.82, 2.24) is 0 Å². The molecule has 17 heavy (non-hydrogen) atoms. The molecule has 0 aliphatic heterocycles. The van der Waals surface area contributed by atoms with Crippen LogP contribution in [0.25, 0.3) is 0 Å². The van der Waals surface area contributed by atoms with Gasteiger partial charge in [0.2, 0.25) is 0 Å². The second kappa shape index (κ2) is 5.14. The van der Waals surface area contributed by atoms with E-state index in [1.54, 1.807) is 6.07 Å². The quantitative estimate of drug-likeness (QED) is 0.858. The van der Waals surface area contributed by atoms with Gasteiger partial charge in [-0.2, -0.15) is 0 Å². The molecule has 0 N–H and O–H groups in total. The zero-order valence-corrected chi connectivity index (χ0v) is 10.9. The van der Waals surface area contributed by atoms with Gasteiger partial charge in [0.25, 0.3) is 0 Å². The van der Waals surface area contributed by atoms with Crippen molar-refractivity contribution in [2.75, 3.05) is 6.61 Å². The monoisotopic (exact) mass is 302 g/mol. The Balaban J connectivity index is 2.06. The molecule has 0 heterocycles. The molecule has 1 fully saturated rings. The lowest BCUT2D eigenvalue weighted by atomic mass is 9.90. The van der Waals surface area contributed by atoms with E-state index in [1.807, 2.05) is 6.92 Å². The molecule has 0 radical (unpaired) electrons. The van der Waals surface area contributed by atoms with Gasteiger partial charge in [-0.05, 0) is 35.0 Å². The van der Waals surface area contributed by atoms with Crippen LogP contribution in [0.4, 0.5) is 4.39 Å². The summed E-state index contributed by atoms with van der Waals surface area (Å²) in [6.45, 7) is 2.28. The van der Waals surface area contributed by atoms with Crippen LogP contribution >= 0.6 is 15.9 Å². The summed E-state index contributed by atoms with van der Waals surface area (Å²) in [7, 11) is 0. The molecular formula is C12H12BrFO3. The highest BCUT2D eigenvalue weighted by molar-refractivity contribution is 9.10. The molecule has 5 heteroatoms. The van der Waals surface area contributed by atoms with Gasteiger partial charge in [-0.25, -0.2) is 4.39 Å². The topological polar surface area (TPSA) is 35.5 Å². The van der Waals surface area contributed by atoms with E-state index >= 15 is 0 Å². The summed E-state index contributed by atoms with van der Waals surface area (Å²) in [5.74, 6) is 0.0541. The second-order valence-electron chi connectivity index (χ2n) is 3.78. The zero-order valence-electron chi connectivity index (χ0n) is 9.28. The molecule has 1 aliphatic carbocycles. The van der Waals surface area contributed by atoms with Crippen LogP contribution in [0.2, 0.25) is 0 Å². The molecule has 1 aromatic rings. The number of carbonyl (C=O) groups is 1.